The van der Waals surface area contributed by atoms with E-state index in [1.54, 1.807) is 12.1 Å². The maximum Gasteiger partial charge on any atom is 0.287 e. The van der Waals surface area contributed by atoms with E-state index < -0.39 is 0 Å². The molecule has 0 bridgehead atoms. The minimum absolute atomic E-state index is 0.227. The van der Waals surface area contributed by atoms with Crippen molar-refractivity contribution < 1.29 is 18.7 Å². The van der Waals surface area contributed by atoms with Gasteiger partial charge in [0.1, 0.15) is 5.82 Å². The molecule has 1 N–H and O–H groups in total. The fraction of sp³-hybridized carbons (Fsp3) is 0.381. The van der Waals surface area contributed by atoms with Crippen LogP contribution in [0.5, 0.6) is 11.5 Å². The summed E-state index contributed by atoms with van der Waals surface area (Å²) in [6.45, 7) is 5.18. The average molecular weight is 444 g/mol. The van der Waals surface area contributed by atoms with Crippen molar-refractivity contribution >= 4 is 17.5 Å². The second-order valence-corrected chi connectivity index (χ2v) is 8.03. The summed E-state index contributed by atoms with van der Waals surface area (Å²) in [6.07, 6.45) is 2.23. The first-order chi connectivity index (χ1) is 15.1. The highest BCUT2D eigenvalue weighted by molar-refractivity contribution is 6.31. The van der Waals surface area contributed by atoms with Crippen LogP contribution in [0.2, 0.25) is 5.02 Å². The van der Waals surface area contributed by atoms with Crippen LogP contribution < -0.4 is 14.8 Å². The Kier molecular flexibility index (Phi) is 5.29. The lowest BCUT2D eigenvalue weighted by atomic mass is 10.2. The van der Waals surface area contributed by atoms with E-state index in [4.69, 9.17) is 25.5 Å². The summed E-state index contributed by atoms with van der Waals surface area (Å²) in [4.78, 5) is 14.6. The van der Waals surface area contributed by atoms with Crippen LogP contribution in [0.1, 0.15) is 40.7 Å². The van der Waals surface area contributed by atoms with Crippen LogP contribution in [0.25, 0.3) is 0 Å². The molecule has 2 aliphatic rings. The van der Waals surface area contributed by atoms with Gasteiger partial charge in [-0.2, -0.15) is 0 Å². The zero-order chi connectivity index (χ0) is 21.4. The number of halogens is 1. The molecule has 4 heterocycles. The predicted octanol–water partition coefficient (Wildman–Crippen LogP) is 2.80. The molecule has 10 heteroatoms. The van der Waals surface area contributed by atoms with Crippen molar-refractivity contribution in [2.75, 3.05) is 19.9 Å². The minimum Gasteiger partial charge on any atom is -0.459 e. The minimum atomic E-state index is -0.297. The van der Waals surface area contributed by atoms with Crippen molar-refractivity contribution in [2.24, 2.45) is 0 Å². The van der Waals surface area contributed by atoms with Gasteiger partial charge in [-0.05, 0) is 30.7 Å². The Morgan fingerprint density at radius 1 is 1.23 bits per heavy atom. The van der Waals surface area contributed by atoms with Gasteiger partial charge in [-0.25, -0.2) is 0 Å². The maximum absolute atomic E-state index is 12.3. The molecule has 0 aliphatic carbocycles. The Morgan fingerprint density at radius 2 is 2.06 bits per heavy atom. The number of fused-ring (bicyclic) bond motifs is 2. The van der Waals surface area contributed by atoms with Crippen molar-refractivity contribution in [3.05, 3.63) is 58.5 Å². The Labute approximate surface area is 183 Å². The lowest BCUT2D eigenvalue weighted by Crippen LogP contribution is -2.30. The normalized spacial score (nSPS) is 16.6. The summed E-state index contributed by atoms with van der Waals surface area (Å²) in [7, 11) is 0. The van der Waals surface area contributed by atoms with E-state index in [0.29, 0.717) is 17.3 Å². The molecule has 0 unspecified atom stereocenters. The summed E-state index contributed by atoms with van der Waals surface area (Å²) < 4.78 is 18.1. The number of nitrogens with zero attached hydrogens (tertiary/aromatic N) is 4. The molecule has 3 aromatic rings. The van der Waals surface area contributed by atoms with Crippen LogP contribution in [0, 0.1) is 0 Å². The van der Waals surface area contributed by atoms with Crippen molar-refractivity contribution in [1.82, 2.24) is 25.0 Å². The first kappa shape index (κ1) is 19.9. The average Bonchev–Trinajstić information content (AvgIpc) is 3.49. The number of carbonyl (C=O) groups is 1. The van der Waals surface area contributed by atoms with Crippen LogP contribution >= 0.6 is 11.6 Å². The first-order valence-electron chi connectivity index (χ1n) is 10.1. The number of benzene rings is 1. The first-order valence-corrected chi connectivity index (χ1v) is 10.5. The maximum atomic E-state index is 12.3. The molecule has 31 heavy (non-hydrogen) atoms. The van der Waals surface area contributed by atoms with Gasteiger partial charge in [0.25, 0.3) is 5.91 Å². The Morgan fingerprint density at radius 3 is 2.87 bits per heavy atom. The van der Waals surface area contributed by atoms with Crippen molar-refractivity contribution in [3.8, 4) is 11.5 Å². The van der Waals surface area contributed by atoms with Crippen LogP contribution in [0.15, 0.2) is 34.9 Å². The third-order valence-electron chi connectivity index (χ3n) is 5.56. The molecule has 0 saturated carbocycles. The number of furan rings is 1. The van der Waals surface area contributed by atoms with Crippen LogP contribution in [0.3, 0.4) is 0 Å². The zero-order valence-electron chi connectivity index (χ0n) is 17.0. The molecular formula is C21H22ClN5O4. The second-order valence-electron chi connectivity index (χ2n) is 7.62. The number of nitrogens with one attached hydrogen (secondary N) is 1. The van der Waals surface area contributed by atoms with E-state index in [9.17, 15) is 4.79 Å². The van der Waals surface area contributed by atoms with Crippen LogP contribution in [-0.2, 0) is 19.5 Å². The number of hydrogen-bond acceptors (Lipinski definition) is 7. The molecule has 0 saturated heterocycles. The van der Waals surface area contributed by atoms with Gasteiger partial charge in [0, 0.05) is 43.7 Å². The molecule has 0 fully saturated rings. The predicted molar refractivity (Wildman–Crippen MR) is 111 cm³/mol. The molecule has 2 aliphatic heterocycles. The quantitative estimate of drug-likeness (QED) is 0.647. The number of amides is 1. The largest absolute Gasteiger partial charge is 0.459 e. The third-order valence-corrected chi connectivity index (χ3v) is 5.91. The number of aromatic nitrogens is 3. The summed E-state index contributed by atoms with van der Waals surface area (Å²) in [6, 6.07) is 6.78. The number of rotatable bonds is 5. The lowest BCUT2D eigenvalue weighted by molar-refractivity contribution is 0.0909. The highest BCUT2D eigenvalue weighted by Gasteiger charge is 2.24. The molecule has 1 atom stereocenters. The SMILES string of the molecule is C[C@@H](NC(=O)c1ccco1)c1nnc2n1CCN(Cc1cc3c(cc1Cl)OCO3)CC2. The Bertz CT molecular complexity index is 1100. The van der Waals surface area contributed by atoms with Crippen molar-refractivity contribution in [2.45, 2.75) is 32.5 Å². The standard InChI is InChI=1S/C21H22ClN5O4/c1-13(23-21(28)16-3-2-8-29-16)20-25-24-19-4-5-26(6-7-27(19)20)11-14-9-17-18(10-15(14)22)31-12-30-17/h2-3,8-10,13H,4-7,11-12H2,1H3,(H,23,28)/t13-/m1/s1. The number of hydrogen-bond donors (Lipinski definition) is 1. The molecule has 162 valence electrons. The van der Waals surface area contributed by atoms with Gasteiger partial charge in [-0.1, -0.05) is 11.6 Å². The molecular weight excluding hydrogens is 422 g/mol. The highest BCUT2D eigenvalue weighted by Crippen LogP contribution is 2.37. The smallest absolute Gasteiger partial charge is 0.287 e. The number of carbonyl (C=O) groups excluding carboxylic acids is 1. The number of ether oxygens (including phenoxy) is 2. The summed E-state index contributed by atoms with van der Waals surface area (Å²) in [5.41, 5.74) is 1.00. The summed E-state index contributed by atoms with van der Waals surface area (Å²) >= 11 is 6.46. The van der Waals surface area contributed by atoms with Gasteiger partial charge in [0.15, 0.2) is 23.1 Å². The zero-order valence-corrected chi connectivity index (χ0v) is 17.8. The molecule has 2 aromatic heterocycles. The van der Waals surface area contributed by atoms with Gasteiger partial charge in [0.2, 0.25) is 6.79 Å². The van der Waals surface area contributed by atoms with E-state index in [-0.39, 0.29) is 24.5 Å². The van der Waals surface area contributed by atoms with Gasteiger partial charge >= 0.3 is 0 Å². The van der Waals surface area contributed by atoms with Crippen LogP contribution in [-0.4, -0.2) is 45.5 Å². The molecule has 5 rings (SSSR count). The fourth-order valence-corrected chi connectivity index (χ4v) is 4.14. The highest BCUT2D eigenvalue weighted by atomic mass is 35.5. The van der Waals surface area contributed by atoms with E-state index in [2.05, 4.69) is 25.0 Å². The molecule has 0 spiro atoms. The molecule has 0 radical (unpaired) electrons. The van der Waals surface area contributed by atoms with Crippen LogP contribution in [0.4, 0.5) is 0 Å². The fourth-order valence-electron chi connectivity index (χ4n) is 3.93. The molecule has 9 nitrogen and oxygen atoms in total. The molecule has 1 aromatic carbocycles. The third kappa shape index (κ3) is 3.98. The van der Waals surface area contributed by atoms with Gasteiger partial charge < -0.3 is 23.8 Å². The van der Waals surface area contributed by atoms with Gasteiger partial charge in [0.05, 0.1) is 12.3 Å². The summed E-state index contributed by atoms with van der Waals surface area (Å²) in [5, 5.41) is 12.3. The topological polar surface area (TPSA) is 94.7 Å². The Hall–Kier alpha value is -3.04. The molecule has 1 amide bonds. The van der Waals surface area contributed by atoms with E-state index in [1.807, 2.05) is 19.1 Å². The van der Waals surface area contributed by atoms with E-state index in [0.717, 1.165) is 49.0 Å². The van der Waals surface area contributed by atoms with E-state index in [1.165, 1.54) is 6.26 Å². The van der Waals surface area contributed by atoms with Gasteiger partial charge in [-0.15, -0.1) is 10.2 Å². The second kappa shape index (κ2) is 8.24. The summed E-state index contributed by atoms with van der Waals surface area (Å²) in [5.74, 6) is 3.06. The van der Waals surface area contributed by atoms with Crippen molar-refractivity contribution in [3.63, 3.8) is 0 Å². The van der Waals surface area contributed by atoms with Crippen molar-refractivity contribution in [1.29, 1.82) is 0 Å². The monoisotopic (exact) mass is 443 g/mol. The Balaban J connectivity index is 1.26. The van der Waals surface area contributed by atoms with E-state index >= 15 is 0 Å². The van der Waals surface area contributed by atoms with Gasteiger partial charge in [-0.3, -0.25) is 9.69 Å². The lowest BCUT2D eigenvalue weighted by Gasteiger charge is -2.21.